The first kappa shape index (κ1) is 18.9. The van der Waals surface area contributed by atoms with Gasteiger partial charge in [-0.25, -0.2) is 4.79 Å². The van der Waals surface area contributed by atoms with E-state index in [9.17, 15) is 9.90 Å². The molecule has 0 aromatic heterocycles. The van der Waals surface area contributed by atoms with Gasteiger partial charge in [-0.2, -0.15) is 0 Å². The second-order valence-electron chi connectivity index (χ2n) is 5.51. The van der Waals surface area contributed by atoms with E-state index in [0.29, 0.717) is 24.4 Å². The van der Waals surface area contributed by atoms with Crippen molar-refractivity contribution in [2.45, 2.75) is 33.1 Å². The molecule has 0 atom stereocenters. The van der Waals surface area contributed by atoms with Crippen LogP contribution in [0.4, 0.5) is 10.5 Å². The van der Waals surface area contributed by atoms with E-state index in [4.69, 9.17) is 11.2 Å². The van der Waals surface area contributed by atoms with Gasteiger partial charge in [-0.3, -0.25) is 0 Å². The first-order chi connectivity index (χ1) is 11.1. The molecule has 0 aliphatic rings. The van der Waals surface area contributed by atoms with E-state index in [2.05, 4.69) is 30.4 Å². The van der Waals surface area contributed by atoms with Crippen LogP contribution in [0.25, 0.3) is 0 Å². The van der Waals surface area contributed by atoms with Crippen LogP contribution in [0.15, 0.2) is 24.3 Å². The van der Waals surface area contributed by atoms with E-state index in [0.717, 1.165) is 12.8 Å². The smallest absolute Gasteiger partial charge is 0.319 e. The van der Waals surface area contributed by atoms with Gasteiger partial charge in [0, 0.05) is 24.9 Å². The summed E-state index contributed by atoms with van der Waals surface area (Å²) < 4.78 is 5.32. The summed E-state index contributed by atoms with van der Waals surface area (Å²) >= 11 is 0. The molecule has 5 heteroatoms. The fraction of sp³-hybridized carbons (Fsp3) is 0.500. The summed E-state index contributed by atoms with van der Waals surface area (Å²) in [6.07, 6.45) is 7.64. The number of aliphatic hydroxyl groups is 1. The van der Waals surface area contributed by atoms with Crippen LogP contribution in [0.5, 0.6) is 5.75 Å². The lowest BCUT2D eigenvalue weighted by Crippen LogP contribution is -2.39. The van der Waals surface area contributed by atoms with Crippen LogP contribution in [-0.2, 0) is 0 Å². The lowest BCUT2D eigenvalue weighted by atomic mass is 9.79. The minimum absolute atomic E-state index is 0.0656. The van der Waals surface area contributed by atoms with Crippen molar-refractivity contribution in [3.05, 3.63) is 24.3 Å². The number of anilines is 1. The van der Waals surface area contributed by atoms with Gasteiger partial charge >= 0.3 is 6.03 Å². The van der Waals surface area contributed by atoms with Crippen LogP contribution in [0.2, 0.25) is 0 Å². The van der Waals surface area contributed by atoms with Crippen molar-refractivity contribution >= 4 is 11.7 Å². The number of ether oxygens (including phenoxy) is 1. The summed E-state index contributed by atoms with van der Waals surface area (Å²) in [5, 5.41) is 14.9. The molecular weight excluding hydrogens is 292 g/mol. The second-order valence-corrected chi connectivity index (χ2v) is 5.51. The molecule has 3 N–H and O–H groups in total. The van der Waals surface area contributed by atoms with Gasteiger partial charge in [0.2, 0.25) is 0 Å². The molecule has 0 spiro atoms. The number of carbonyl (C=O) groups excluding carboxylic acids is 1. The normalized spacial score (nSPS) is 10.7. The Hall–Kier alpha value is -2.19. The average molecular weight is 318 g/mol. The largest absolute Gasteiger partial charge is 0.481 e. The molecule has 1 aromatic rings. The van der Waals surface area contributed by atoms with Crippen molar-refractivity contribution in [2.24, 2.45) is 5.41 Å². The third-order valence-electron chi connectivity index (χ3n) is 4.18. The first-order valence-corrected chi connectivity index (χ1v) is 7.91. The average Bonchev–Trinajstić information content (AvgIpc) is 2.57. The molecule has 1 aromatic carbocycles. The quantitative estimate of drug-likeness (QED) is 0.613. The number of benzene rings is 1. The maximum absolute atomic E-state index is 12.1. The lowest BCUT2D eigenvalue weighted by Gasteiger charge is -2.31. The van der Waals surface area contributed by atoms with Crippen LogP contribution in [0, 0.1) is 17.8 Å². The molecule has 1 rings (SSSR count). The summed E-state index contributed by atoms with van der Waals surface area (Å²) in [4.78, 5) is 12.1. The van der Waals surface area contributed by atoms with Gasteiger partial charge in [0.25, 0.3) is 0 Å². The Bertz CT molecular complexity index is 533. The molecule has 23 heavy (non-hydrogen) atoms. The summed E-state index contributed by atoms with van der Waals surface area (Å²) in [6.45, 7) is 4.99. The van der Waals surface area contributed by atoms with Gasteiger partial charge in [-0.15, -0.1) is 6.42 Å². The van der Waals surface area contributed by atoms with Crippen molar-refractivity contribution in [2.75, 3.05) is 25.1 Å². The minimum Gasteiger partial charge on any atom is -0.481 e. The molecule has 0 radical (unpaired) electrons. The molecule has 0 saturated heterocycles. The van der Waals surface area contributed by atoms with Crippen molar-refractivity contribution in [1.82, 2.24) is 5.32 Å². The third-order valence-corrected chi connectivity index (χ3v) is 4.18. The van der Waals surface area contributed by atoms with Crippen LogP contribution in [0.1, 0.15) is 33.1 Å². The molecule has 0 aliphatic heterocycles. The van der Waals surface area contributed by atoms with E-state index in [1.54, 1.807) is 24.3 Å². The molecule has 0 saturated carbocycles. The molecular formula is C18H26N2O3. The predicted octanol–water partition coefficient (Wildman–Crippen LogP) is 3.01. The minimum atomic E-state index is -0.275. The van der Waals surface area contributed by atoms with Crippen LogP contribution in [0.3, 0.4) is 0 Å². The van der Waals surface area contributed by atoms with E-state index in [1.165, 1.54) is 0 Å². The van der Waals surface area contributed by atoms with Gasteiger partial charge in [-0.05, 0) is 36.8 Å². The van der Waals surface area contributed by atoms with Gasteiger partial charge < -0.3 is 20.5 Å². The van der Waals surface area contributed by atoms with Gasteiger partial charge in [0.1, 0.15) is 12.4 Å². The summed E-state index contributed by atoms with van der Waals surface area (Å²) in [7, 11) is 0. The molecule has 0 heterocycles. The highest BCUT2D eigenvalue weighted by molar-refractivity contribution is 5.89. The van der Waals surface area contributed by atoms with Crippen LogP contribution in [-0.4, -0.2) is 30.9 Å². The number of hydrogen-bond donors (Lipinski definition) is 3. The molecule has 0 aliphatic carbocycles. The molecule has 0 unspecified atom stereocenters. The third kappa shape index (κ3) is 6.21. The van der Waals surface area contributed by atoms with Crippen molar-refractivity contribution in [3.63, 3.8) is 0 Å². The van der Waals surface area contributed by atoms with Crippen LogP contribution >= 0.6 is 0 Å². The maximum atomic E-state index is 12.1. The Balaban J connectivity index is 2.58. The summed E-state index contributed by atoms with van der Waals surface area (Å²) in [5.74, 6) is 3.00. The molecule has 126 valence electrons. The maximum Gasteiger partial charge on any atom is 0.319 e. The van der Waals surface area contributed by atoms with Crippen LogP contribution < -0.4 is 15.4 Å². The highest BCUT2D eigenvalue weighted by Crippen LogP contribution is 2.29. The SMILES string of the molecule is C#CCOc1cccc(NC(=O)NCC(CC)(CC)CCO)c1. The fourth-order valence-corrected chi connectivity index (χ4v) is 2.41. The van der Waals surface area contributed by atoms with Gasteiger partial charge in [0.15, 0.2) is 0 Å². The van der Waals surface area contributed by atoms with Crippen molar-refractivity contribution in [1.29, 1.82) is 0 Å². The number of nitrogens with one attached hydrogen (secondary N) is 2. The Labute approximate surface area is 138 Å². The Morgan fingerprint density at radius 2 is 2.13 bits per heavy atom. The number of amides is 2. The second kappa shape index (κ2) is 9.75. The zero-order chi connectivity index (χ0) is 17.1. The number of carbonyl (C=O) groups is 1. The van der Waals surface area contributed by atoms with Crippen molar-refractivity contribution < 1.29 is 14.6 Å². The number of aliphatic hydroxyl groups excluding tert-OH is 1. The molecule has 0 bridgehead atoms. The van der Waals surface area contributed by atoms with Crippen molar-refractivity contribution in [3.8, 4) is 18.1 Å². The molecule has 0 fully saturated rings. The number of terminal acetylenes is 1. The van der Waals surface area contributed by atoms with E-state index in [1.807, 2.05) is 0 Å². The Morgan fingerprint density at radius 3 is 2.74 bits per heavy atom. The summed E-state index contributed by atoms with van der Waals surface area (Å²) in [6, 6.07) is 6.79. The standard InChI is InChI=1S/C18H26N2O3/c1-4-12-23-16-9-7-8-15(13-16)20-17(22)19-14-18(5-2,6-3)10-11-21/h1,7-9,13,21H,5-6,10-12,14H2,2-3H3,(H2,19,20,22). The number of hydrogen-bond acceptors (Lipinski definition) is 3. The summed E-state index contributed by atoms with van der Waals surface area (Å²) in [5.41, 5.74) is 0.571. The predicted molar refractivity (Wildman–Crippen MR) is 92.5 cm³/mol. The number of urea groups is 1. The van der Waals surface area contributed by atoms with E-state index < -0.39 is 0 Å². The lowest BCUT2D eigenvalue weighted by molar-refractivity contribution is 0.165. The first-order valence-electron chi connectivity index (χ1n) is 7.91. The molecule has 5 nitrogen and oxygen atoms in total. The van der Waals surface area contributed by atoms with E-state index in [-0.39, 0.29) is 24.7 Å². The van der Waals surface area contributed by atoms with Gasteiger partial charge in [0.05, 0.1) is 0 Å². The fourth-order valence-electron chi connectivity index (χ4n) is 2.41. The topological polar surface area (TPSA) is 70.6 Å². The van der Waals surface area contributed by atoms with Gasteiger partial charge in [-0.1, -0.05) is 25.8 Å². The highest BCUT2D eigenvalue weighted by atomic mass is 16.5. The number of rotatable bonds is 9. The Kier molecular flexibility index (Phi) is 8.00. The monoisotopic (exact) mass is 318 g/mol. The zero-order valence-electron chi connectivity index (χ0n) is 13.9. The zero-order valence-corrected chi connectivity index (χ0v) is 13.9. The molecule has 2 amide bonds. The Morgan fingerprint density at radius 1 is 1.39 bits per heavy atom. The van der Waals surface area contributed by atoms with E-state index >= 15 is 0 Å². The highest BCUT2D eigenvalue weighted by Gasteiger charge is 2.26.